The fourth-order valence-electron chi connectivity index (χ4n) is 5.63. The fourth-order valence-corrected chi connectivity index (χ4v) is 5.63. The van der Waals surface area contributed by atoms with Crippen LogP contribution in [0.25, 0.3) is 22.2 Å². The molecule has 0 saturated carbocycles. The van der Waals surface area contributed by atoms with Gasteiger partial charge >= 0.3 is 0 Å². The van der Waals surface area contributed by atoms with Gasteiger partial charge in [-0.15, -0.1) is 0 Å². The molecule has 0 atom stereocenters. The Morgan fingerprint density at radius 3 is 2.56 bits per heavy atom. The van der Waals surface area contributed by atoms with E-state index in [1.165, 1.54) is 0 Å². The van der Waals surface area contributed by atoms with Crippen molar-refractivity contribution in [2.75, 3.05) is 25.6 Å². The number of nitrogens with one attached hydrogen (secondary N) is 3. The Bertz CT molecular complexity index is 1680. The van der Waals surface area contributed by atoms with Gasteiger partial charge in [-0.25, -0.2) is 9.67 Å². The number of benzene rings is 2. The second kappa shape index (κ2) is 14.8. The molecule has 2 amide bonds. The number of fused-ring (bicyclic) bond motifs is 1. The van der Waals surface area contributed by atoms with E-state index in [1.807, 2.05) is 55.1 Å². The van der Waals surface area contributed by atoms with Crippen LogP contribution in [-0.2, 0) is 40.4 Å². The third kappa shape index (κ3) is 7.49. The molecule has 0 radical (unpaired) electrons. The SMILES string of the molecule is CCc1nc2c(cnn2CC)c(NC2CCOCC2)c1CNC(=O)CC(=O)NCc1ccc(OC)c(-c2cccc(C=O)c2)c1. The number of rotatable bonds is 13. The Labute approximate surface area is 262 Å². The average Bonchev–Trinajstić information content (AvgIpc) is 3.50. The van der Waals surface area contributed by atoms with Crippen LogP contribution in [0, 0.1) is 0 Å². The van der Waals surface area contributed by atoms with E-state index in [0.29, 0.717) is 37.5 Å². The Morgan fingerprint density at radius 2 is 1.84 bits per heavy atom. The van der Waals surface area contributed by atoms with E-state index in [4.69, 9.17) is 14.5 Å². The van der Waals surface area contributed by atoms with Crippen molar-refractivity contribution in [2.24, 2.45) is 0 Å². The van der Waals surface area contributed by atoms with Crippen molar-refractivity contribution in [1.82, 2.24) is 25.4 Å². The number of carbonyl (C=O) groups is 3. The number of hydrogen-bond acceptors (Lipinski definition) is 8. The van der Waals surface area contributed by atoms with Crippen LogP contribution in [0.1, 0.15) is 60.3 Å². The minimum absolute atomic E-state index is 0.234. The first-order valence-electron chi connectivity index (χ1n) is 15.4. The number of aryl methyl sites for hydroxylation is 2. The van der Waals surface area contributed by atoms with Crippen LogP contribution in [0.5, 0.6) is 5.75 Å². The number of nitrogens with zero attached hydrogens (tertiary/aromatic N) is 3. The zero-order valence-corrected chi connectivity index (χ0v) is 26.0. The maximum absolute atomic E-state index is 12.9. The number of amides is 2. The zero-order valence-electron chi connectivity index (χ0n) is 26.0. The van der Waals surface area contributed by atoms with E-state index in [9.17, 15) is 14.4 Å². The third-order valence-electron chi connectivity index (χ3n) is 8.05. The molecule has 3 heterocycles. The molecule has 11 nitrogen and oxygen atoms in total. The molecule has 1 saturated heterocycles. The first-order valence-corrected chi connectivity index (χ1v) is 15.4. The minimum Gasteiger partial charge on any atom is -0.496 e. The quantitative estimate of drug-likeness (QED) is 0.149. The van der Waals surface area contributed by atoms with Gasteiger partial charge in [0.25, 0.3) is 0 Å². The van der Waals surface area contributed by atoms with Crippen molar-refractivity contribution >= 4 is 34.8 Å². The Morgan fingerprint density at radius 1 is 1.07 bits per heavy atom. The molecule has 11 heteroatoms. The minimum atomic E-state index is -0.387. The first-order chi connectivity index (χ1) is 21.9. The van der Waals surface area contributed by atoms with Crippen molar-refractivity contribution in [3.8, 4) is 16.9 Å². The van der Waals surface area contributed by atoms with E-state index in [-0.39, 0.29) is 37.4 Å². The van der Waals surface area contributed by atoms with Crippen molar-refractivity contribution in [3.63, 3.8) is 0 Å². The molecule has 5 rings (SSSR count). The molecule has 2 aromatic carbocycles. The van der Waals surface area contributed by atoms with Gasteiger partial charge < -0.3 is 25.4 Å². The number of pyridine rings is 1. The van der Waals surface area contributed by atoms with Gasteiger partial charge in [0.1, 0.15) is 18.5 Å². The highest BCUT2D eigenvalue weighted by molar-refractivity contribution is 5.97. The summed E-state index contributed by atoms with van der Waals surface area (Å²) in [7, 11) is 1.59. The molecular formula is C34H40N6O5. The number of ether oxygens (including phenoxy) is 2. The lowest BCUT2D eigenvalue weighted by molar-refractivity contribution is -0.129. The summed E-state index contributed by atoms with van der Waals surface area (Å²) < 4.78 is 12.9. The molecule has 236 valence electrons. The van der Waals surface area contributed by atoms with Crippen LogP contribution < -0.4 is 20.7 Å². The molecule has 3 N–H and O–H groups in total. The molecule has 45 heavy (non-hydrogen) atoms. The average molecular weight is 613 g/mol. The maximum atomic E-state index is 12.9. The predicted molar refractivity (Wildman–Crippen MR) is 172 cm³/mol. The molecule has 1 fully saturated rings. The summed E-state index contributed by atoms with van der Waals surface area (Å²) in [5.74, 6) is -0.113. The number of anilines is 1. The molecule has 0 bridgehead atoms. The molecule has 0 unspecified atom stereocenters. The van der Waals surface area contributed by atoms with Crippen molar-refractivity contribution in [2.45, 2.75) is 65.2 Å². The molecule has 1 aliphatic rings. The summed E-state index contributed by atoms with van der Waals surface area (Å²) in [5, 5.41) is 14.9. The number of aromatic nitrogens is 3. The zero-order chi connectivity index (χ0) is 31.8. The van der Waals surface area contributed by atoms with E-state index in [2.05, 4.69) is 21.0 Å². The second-order valence-electron chi connectivity index (χ2n) is 11.0. The summed E-state index contributed by atoms with van der Waals surface area (Å²) in [6.45, 7) is 6.65. The highest BCUT2D eigenvalue weighted by Crippen LogP contribution is 2.32. The largest absolute Gasteiger partial charge is 0.496 e. The summed E-state index contributed by atoms with van der Waals surface area (Å²) in [5.41, 5.74) is 6.56. The van der Waals surface area contributed by atoms with Gasteiger partial charge in [-0.1, -0.05) is 31.2 Å². The smallest absolute Gasteiger partial charge is 0.229 e. The van der Waals surface area contributed by atoms with Gasteiger partial charge in [-0.05, 0) is 55.5 Å². The van der Waals surface area contributed by atoms with E-state index >= 15 is 0 Å². The van der Waals surface area contributed by atoms with Crippen molar-refractivity contribution in [3.05, 3.63) is 71.0 Å². The van der Waals surface area contributed by atoms with Crippen LogP contribution in [0.15, 0.2) is 48.7 Å². The standard InChI is InChI=1S/C34H40N6O5/c1-4-29-27(33(38-25-11-13-45-14-12-25)28-20-37-40(5-2)34(28)39-29)19-36-32(43)17-31(42)35-18-22-9-10-30(44-3)26(16-22)24-8-6-7-23(15-24)21-41/h6-10,15-16,20-21,25H,4-5,11-14,17-19H2,1-3H3,(H,35,42)(H,36,43)(H,38,39). The van der Waals surface area contributed by atoms with Crippen molar-refractivity contribution in [1.29, 1.82) is 0 Å². The van der Waals surface area contributed by atoms with Crippen molar-refractivity contribution < 1.29 is 23.9 Å². The molecule has 0 spiro atoms. The van der Waals surface area contributed by atoms with Gasteiger partial charge in [0.2, 0.25) is 11.8 Å². The topological polar surface area (TPSA) is 136 Å². The molecule has 2 aromatic heterocycles. The Kier molecular flexibility index (Phi) is 10.4. The van der Waals surface area contributed by atoms with Crippen LogP contribution in [0.3, 0.4) is 0 Å². The van der Waals surface area contributed by atoms with E-state index < -0.39 is 0 Å². The summed E-state index contributed by atoms with van der Waals surface area (Å²) >= 11 is 0. The second-order valence-corrected chi connectivity index (χ2v) is 11.0. The molecule has 1 aliphatic heterocycles. The summed E-state index contributed by atoms with van der Waals surface area (Å²) in [6.07, 6.45) is 4.78. The first kappa shape index (κ1) is 31.6. The number of methoxy groups -OCH3 is 1. The Hall–Kier alpha value is -4.77. The lowest BCUT2D eigenvalue weighted by Gasteiger charge is -2.26. The number of hydrogen-bond donors (Lipinski definition) is 3. The monoisotopic (exact) mass is 612 g/mol. The van der Waals surface area contributed by atoms with Gasteiger partial charge in [-0.3, -0.25) is 14.4 Å². The van der Waals surface area contributed by atoms with Gasteiger partial charge in [-0.2, -0.15) is 5.10 Å². The lowest BCUT2D eigenvalue weighted by Crippen LogP contribution is -2.32. The van der Waals surface area contributed by atoms with Crippen LogP contribution in [0.2, 0.25) is 0 Å². The molecular weight excluding hydrogens is 572 g/mol. The van der Waals surface area contributed by atoms with Crippen LogP contribution in [-0.4, -0.2) is 59.2 Å². The predicted octanol–water partition coefficient (Wildman–Crippen LogP) is 4.42. The normalized spacial score (nSPS) is 13.4. The van der Waals surface area contributed by atoms with Gasteiger partial charge in [0, 0.05) is 61.3 Å². The van der Waals surface area contributed by atoms with Gasteiger partial charge in [0.15, 0.2) is 5.65 Å². The maximum Gasteiger partial charge on any atom is 0.229 e. The Balaban J connectivity index is 1.25. The fraction of sp³-hybridized carbons (Fsp3) is 0.382. The van der Waals surface area contributed by atoms with E-state index in [0.717, 1.165) is 63.8 Å². The van der Waals surface area contributed by atoms with Gasteiger partial charge in [0.05, 0.1) is 24.4 Å². The lowest BCUT2D eigenvalue weighted by atomic mass is 10.00. The summed E-state index contributed by atoms with van der Waals surface area (Å²) in [4.78, 5) is 41.9. The highest BCUT2D eigenvalue weighted by Gasteiger charge is 2.22. The molecule has 0 aliphatic carbocycles. The number of carbonyl (C=O) groups excluding carboxylic acids is 3. The van der Waals surface area contributed by atoms with E-state index in [1.54, 1.807) is 19.2 Å². The summed E-state index contributed by atoms with van der Waals surface area (Å²) in [6, 6.07) is 13.1. The molecule has 4 aromatic rings. The van der Waals surface area contributed by atoms with Crippen LogP contribution >= 0.6 is 0 Å². The highest BCUT2D eigenvalue weighted by atomic mass is 16.5. The number of aldehydes is 1. The third-order valence-corrected chi connectivity index (χ3v) is 8.05. The van der Waals surface area contributed by atoms with Crippen LogP contribution in [0.4, 0.5) is 5.69 Å².